The Morgan fingerprint density at radius 1 is 1.31 bits per heavy atom. The molecule has 0 unspecified atom stereocenters. The van der Waals surface area contributed by atoms with Crippen LogP contribution in [0.3, 0.4) is 0 Å². The molecule has 2 rings (SSSR count). The Morgan fingerprint density at radius 3 is 2.62 bits per heavy atom. The van der Waals surface area contributed by atoms with Crippen molar-refractivity contribution < 1.29 is 8.78 Å². The summed E-state index contributed by atoms with van der Waals surface area (Å²) < 4.78 is 25.3. The first kappa shape index (κ1) is 8.91. The third kappa shape index (κ3) is 1.67. The maximum Gasteiger partial charge on any atom is 0.159 e. The van der Waals surface area contributed by atoms with Crippen LogP contribution in [0.1, 0.15) is 17.9 Å². The molecule has 1 aromatic rings. The van der Waals surface area contributed by atoms with Crippen LogP contribution in [0.25, 0.3) is 0 Å². The van der Waals surface area contributed by atoms with E-state index in [2.05, 4.69) is 4.84 Å². The van der Waals surface area contributed by atoms with Crippen molar-refractivity contribution in [3.63, 3.8) is 0 Å². The predicted octanol–water partition coefficient (Wildman–Crippen LogP) is 2.56. The molecule has 4 heteroatoms. The van der Waals surface area contributed by atoms with E-state index >= 15 is 0 Å². The van der Waals surface area contributed by atoms with Crippen LogP contribution in [0, 0.1) is 11.6 Å². The van der Waals surface area contributed by atoms with Gasteiger partial charge in [0.25, 0.3) is 0 Å². The Hall–Kier alpha value is -0.670. The van der Waals surface area contributed by atoms with Crippen LogP contribution in [-0.4, -0.2) is 6.04 Å². The molecule has 1 nitrogen and oxygen atoms in total. The molecule has 0 saturated heterocycles. The monoisotopic (exact) mass is 203 g/mol. The minimum atomic E-state index is -0.806. The number of halogens is 3. The Morgan fingerprint density at radius 2 is 2.08 bits per heavy atom. The summed E-state index contributed by atoms with van der Waals surface area (Å²) in [6, 6.07) is 4.17. The quantitative estimate of drug-likeness (QED) is 0.729. The van der Waals surface area contributed by atoms with Gasteiger partial charge in [-0.15, -0.1) is 0 Å². The van der Waals surface area contributed by atoms with E-state index in [0.717, 1.165) is 18.1 Å². The Labute approximate surface area is 79.8 Å². The van der Waals surface area contributed by atoms with Crippen molar-refractivity contribution >= 4 is 11.8 Å². The van der Waals surface area contributed by atoms with Crippen molar-refractivity contribution in [1.82, 2.24) is 4.84 Å². The van der Waals surface area contributed by atoms with Crippen LogP contribution in [-0.2, 0) is 0 Å². The summed E-state index contributed by atoms with van der Waals surface area (Å²) in [6.45, 7) is 0. The molecular formula is C9H8ClF2N. The average molecular weight is 204 g/mol. The van der Waals surface area contributed by atoms with E-state index < -0.39 is 11.6 Å². The van der Waals surface area contributed by atoms with Crippen molar-refractivity contribution in [1.29, 1.82) is 0 Å². The Balaban J connectivity index is 2.19. The van der Waals surface area contributed by atoms with Gasteiger partial charge in [-0.1, -0.05) is 6.07 Å². The minimum absolute atomic E-state index is 0.200. The van der Waals surface area contributed by atoms with Gasteiger partial charge in [0, 0.05) is 12.0 Å². The molecule has 0 spiro atoms. The zero-order valence-electron chi connectivity index (χ0n) is 6.73. The fraction of sp³-hybridized carbons (Fsp3) is 0.333. The highest BCUT2D eigenvalue weighted by Crippen LogP contribution is 2.41. The van der Waals surface area contributed by atoms with E-state index in [1.807, 2.05) is 0 Å². The van der Waals surface area contributed by atoms with Crippen LogP contribution in [0.5, 0.6) is 0 Å². The van der Waals surface area contributed by atoms with Crippen LogP contribution < -0.4 is 4.84 Å². The number of hydrogen-bond donors (Lipinski definition) is 1. The van der Waals surface area contributed by atoms with Gasteiger partial charge in [-0.25, -0.2) is 13.6 Å². The summed E-state index contributed by atoms with van der Waals surface area (Å²) in [5, 5.41) is 0. The normalized spacial score (nSPS) is 26.1. The Kier molecular flexibility index (Phi) is 2.22. The topological polar surface area (TPSA) is 12.0 Å². The molecule has 0 bridgehead atoms. The lowest BCUT2D eigenvalue weighted by Crippen LogP contribution is -2.03. The molecule has 0 aromatic heterocycles. The first-order valence-corrected chi connectivity index (χ1v) is 4.41. The lowest BCUT2D eigenvalue weighted by Gasteiger charge is -1.99. The van der Waals surface area contributed by atoms with Gasteiger partial charge in [0.15, 0.2) is 11.6 Å². The molecule has 0 radical (unpaired) electrons. The largest absolute Gasteiger partial charge is 0.230 e. The standard InChI is InChI=1S/C9H8ClF2N/c10-13-9-4-6(9)5-1-2-7(11)8(12)3-5/h1-3,6,9,13H,4H2/t6-,9+/m0/s1. The van der Waals surface area contributed by atoms with E-state index in [1.165, 1.54) is 6.07 Å². The van der Waals surface area contributed by atoms with E-state index in [4.69, 9.17) is 11.8 Å². The third-order valence-electron chi connectivity index (χ3n) is 2.30. The molecule has 0 amide bonds. The fourth-order valence-electron chi connectivity index (χ4n) is 1.43. The molecule has 13 heavy (non-hydrogen) atoms. The van der Waals surface area contributed by atoms with E-state index in [0.29, 0.717) is 0 Å². The molecule has 0 aliphatic heterocycles. The van der Waals surface area contributed by atoms with Crippen LogP contribution in [0.4, 0.5) is 8.78 Å². The van der Waals surface area contributed by atoms with Crippen molar-refractivity contribution in [2.75, 3.05) is 0 Å². The molecule has 70 valence electrons. The van der Waals surface area contributed by atoms with Gasteiger partial charge in [0.1, 0.15) is 0 Å². The second-order valence-electron chi connectivity index (χ2n) is 3.23. The van der Waals surface area contributed by atoms with Crippen molar-refractivity contribution in [2.24, 2.45) is 0 Å². The molecule has 1 aromatic carbocycles. The minimum Gasteiger partial charge on any atom is -0.230 e. The lowest BCUT2D eigenvalue weighted by molar-refractivity contribution is 0.507. The molecule has 1 N–H and O–H groups in total. The van der Waals surface area contributed by atoms with Gasteiger partial charge < -0.3 is 0 Å². The molecule has 0 heterocycles. The van der Waals surface area contributed by atoms with Gasteiger partial charge in [0.2, 0.25) is 0 Å². The van der Waals surface area contributed by atoms with Crippen LogP contribution in [0.2, 0.25) is 0 Å². The van der Waals surface area contributed by atoms with Gasteiger partial charge in [-0.3, -0.25) is 0 Å². The molecule has 2 atom stereocenters. The van der Waals surface area contributed by atoms with E-state index in [1.54, 1.807) is 6.07 Å². The zero-order chi connectivity index (χ0) is 9.42. The molecule has 1 fully saturated rings. The maximum atomic E-state index is 12.8. The van der Waals surface area contributed by atoms with Crippen LogP contribution >= 0.6 is 11.8 Å². The van der Waals surface area contributed by atoms with Crippen LogP contribution in [0.15, 0.2) is 18.2 Å². The van der Waals surface area contributed by atoms with E-state index in [-0.39, 0.29) is 12.0 Å². The SMILES string of the molecule is Fc1ccc([C@@H]2C[C@H]2NCl)cc1F. The van der Waals surface area contributed by atoms with Gasteiger partial charge in [-0.05, 0) is 35.9 Å². The second-order valence-corrected chi connectivity index (χ2v) is 3.45. The summed E-state index contributed by atoms with van der Waals surface area (Å²) in [5.74, 6) is -1.37. The molecule has 1 aliphatic rings. The summed E-state index contributed by atoms with van der Waals surface area (Å²) >= 11 is 5.40. The second kappa shape index (κ2) is 3.24. The highest BCUT2D eigenvalue weighted by Gasteiger charge is 2.38. The fourth-order valence-corrected chi connectivity index (χ4v) is 1.67. The maximum absolute atomic E-state index is 12.8. The van der Waals surface area contributed by atoms with Crippen molar-refractivity contribution in [2.45, 2.75) is 18.4 Å². The van der Waals surface area contributed by atoms with Crippen molar-refractivity contribution in [3.05, 3.63) is 35.4 Å². The molecule has 1 aliphatic carbocycles. The lowest BCUT2D eigenvalue weighted by atomic mass is 10.1. The summed E-state index contributed by atoms with van der Waals surface area (Å²) in [4.78, 5) is 2.58. The first-order chi connectivity index (χ1) is 6.22. The average Bonchev–Trinajstić information content (AvgIpc) is 2.88. The van der Waals surface area contributed by atoms with Gasteiger partial charge >= 0.3 is 0 Å². The number of nitrogens with one attached hydrogen (secondary N) is 1. The van der Waals surface area contributed by atoms with Crippen molar-refractivity contribution in [3.8, 4) is 0 Å². The summed E-state index contributed by atoms with van der Waals surface area (Å²) in [6.07, 6.45) is 0.884. The van der Waals surface area contributed by atoms with E-state index in [9.17, 15) is 8.78 Å². The molecular weight excluding hydrogens is 196 g/mol. The molecule has 1 saturated carbocycles. The highest BCUT2D eigenvalue weighted by molar-refractivity contribution is 6.13. The number of rotatable bonds is 2. The first-order valence-electron chi connectivity index (χ1n) is 4.03. The third-order valence-corrected chi connectivity index (χ3v) is 2.58. The summed E-state index contributed by atoms with van der Waals surface area (Å²) in [5.41, 5.74) is 0.803. The zero-order valence-corrected chi connectivity index (χ0v) is 7.48. The van der Waals surface area contributed by atoms with Gasteiger partial charge in [0.05, 0.1) is 0 Å². The summed E-state index contributed by atoms with van der Waals surface area (Å²) in [7, 11) is 0. The number of hydrogen-bond acceptors (Lipinski definition) is 1. The Bertz CT molecular complexity index is 329. The highest BCUT2D eigenvalue weighted by atomic mass is 35.5. The predicted molar refractivity (Wildman–Crippen MR) is 46.5 cm³/mol. The smallest absolute Gasteiger partial charge is 0.159 e. The van der Waals surface area contributed by atoms with Gasteiger partial charge in [-0.2, -0.15) is 0 Å². The number of benzene rings is 1.